The topological polar surface area (TPSA) is 66.4 Å². The van der Waals surface area contributed by atoms with Crippen LogP contribution in [0.15, 0.2) is 0 Å². The van der Waals surface area contributed by atoms with Gasteiger partial charge in [-0.15, -0.1) is 0 Å². The van der Waals surface area contributed by atoms with Gasteiger partial charge in [-0.3, -0.25) is 4.79 Å². The zero-order valence-electron chi connectivity index (χ0n) is 6.39. The molecule has 0 unspecified atom stereocenters. The second kappa shape index (κ2) is 2.53. The predicted molar refractivity (Wildman–Crippen MR) is 38.0 cm³/mol. The van der Waals surface area contributed by atoms with Crippen LogP contribution < -0.4 is 5.32 Å². The number of amides is 1. The Morgan fingerprint density at radius 1 is 1.55 bits per heavy atom. The van der Waals surface area contributed by atoms with Gasteiger partial charge in [0.05, 0.1) is 0 Å². The number of aliphatic carboxylic acids is 1. The molecule has 11 heavy (non-hydrogen) atoms. The molecule has 1 fully saturated rings. The molecule has 62 valence electrons. The van der Waals surface area contributed by atoms with Gasteiger partial charge < -0.3 is 10.4 Å². The smallest absolute Gasteiger partial charge is 0.394 e. The Hall–Kier alpha value is -1.06. The molecule has 1 rings (SSSR count). The van der Waals surface area contributed by atoms with Gasteiger partial charge in [-0.05, 0) is 18.3 Å². The summed E-state index contributed by atoms with van der Waals surface area (Å²) in [5.41, 5.74) is 0.172. The third kappa shape index (κ3) is 2.22. The lowest BCUT2D eigenvalue weighted by Crippen LogP contribution is -2.34. The van der Waals surface area contributed by atoms with Crippen LogP contribution in [0.1, 0.15) is 19.8 Å². The third-order valence-electron chi connectivity index (χ3n) is 1.97. The highest BCUT2D eigenvalue weighted by Gasteiger charge is 2.37. The fraction of sp³-hybridized carbons (Fsp3) is 0.714. The Morgan fingerprint density at radius 2 is 2.09 bits per heavy atom. The number of rotatable bonds is 2. The molecular formula is C7H11NO3. The minimum absolute atomic E-state index is 0.172. The average Bonchev–Trinajstić information content (AvgIpc) is 2.64. The molecule has 1 aliphatic carbocycles. The van der Waals surface area contributed by atoms with Crippen molar-refractivity contribution in [3.8, 4) is 0 Å². The molecule has 0 aromatic heterocycles. The van der Waals surface area contributed by atoms with E-state index in [1.165, 1.54) is 0 Å². The van der Waals surface area contributed by atoms with Crippen LogP contribution in [0.5, 0.6) is 0 Å². The maximum atomic E-state index is 10.5. The van der Waals surface area contributed by atoms with Crippen molar-refractivity contribution in [1.29, 1.82) is 0 Å². The van der Waals surface area contributed by atoms with Gasteiger partial charge in [0.25, 0.3) is 0 Å². The molecule has 1 aliphatic rings. The molecule has 0 saturated heterocycles. The van der Waals surface area contributed by atoms with Crippen molar-refractivity contribution in [3.05, 3.63) is 0 Å². The first kappa shape index (κ1) is 8.04. The van der Waals surface area contributed by atoms with Crippen LogP contribution in [-0.2, 0) is 9.59 Å². The fourth-order valence-electron chi connectivity index (χ4n) is 0.759. The summed E-state index contributed by atoms with van der Waals surface area (Å²) in [6, 6.07) is 0. The summed E-state index contributed by atoms with van der Waals surface area (Å²) in [6.07, 6.45) is 2.15. The highest BCUT2D eigenvalue weighted by molar-refractivity contribution is 6.31. The summed E-state index contributed by atoms with van der Waals surface area (Å²) in [5, 5.41) is 10.5. The van der Waals surface area contributed by atoms with Crippen molar-refractivity contribution in [2.45, 2.75) is 19.8 Å². The standard InChI is InChI=1S/C7H11NO3/c1-7(2-3-7)4-8-5(9)6(10)11/h2-4H2,1H3,(H,8,9)(H,10,11). The minimum atomic E-state index is -1.41. The Kier molecular flexibility index (Phi) is 1.85. The lowest BCUT2D eigenvalue weighted by atomic mass is 10.1. The molecule has 0 radical (unpaired) electrons. The van der Waals surface area contributed by atoms with Crippen LogP contribution in [0.4, 0.5) is 0 Å². The van der Waals surface area contributed by atoms with Crippen molar-refractivity contribution < 1.29 is 14.7 Å². The van der Waals surface area contributed by atoms with Crippen molar-refractivity contribution in [3.63, 3.8) is 0 Å². The van der Waals surface area contributed by atoms with Gasteiger partial charge >= 0.3 is 11.9 Å². The molecular weight excluding hydrogens is 146 g/mol. The molecule has 0 heterocycles. The molecule has 0 atom stereocenters. The van der Waals surface area contributed by atoms with E-state index in [2.05, 4.69) is 5.32 Å². The predicted octanol–water partition coefficient (Wildman–Crippen LogP) is -0.0127. The van der Waals surface area contributed by atoms with Gasteiger partial charge in [0, 0.05) is 6.54 Å². The lowest BCUT2D eigenvalue weighted by molar-refractivity contribution is -0.150. The summed E-state index contributed by atoms with van der Waals surface area (Å²) in [7, 11) is 0. The summed E-state index contributed by atoms with van der Waals surface area (Å²) < 4.78 is 0. The quantitative estimate of drug-likeness (QED) is 0.554. The van der Waals surface area contributed by atoms with E-state index in [9.17, 15) is 9.59 Å². The van der Waals surface area contributed by atoms with Crippen molar-refractivity contribution in [2.75, 3.05) is 6.54 Å². The third-order valence-corrected chi connectivity index (χ3v) is 1.97. The van der Waals surface area contributed by atoms with E-state index in [0.717, 1.165) is 12.8 Å². The summed E-state index contributed by atoms with van der Waals surface area (Å²) in [6.45, 7) is 2.51. The Bertz CT molecular complexity index is 196. The zero-order chi connectivity index (χ0) is 8.48. The van der Waals surface area contributed by atoms with Gasteiger partial charge in [0.15, 0.2) is 0 Å². The number of nitrogens with one attached hydrogen (secondary N) is 1. The van der Waals surface area contributed by atoms with E-state index in [1.54, 1.807) is 0 Å². The summed E-state index contributed by atoms with van der Waals surface area (Å²) >= 11 is 0. The molecule has 0 spiro atoms. The second-order valence-electron chi connectivity index (χ2n) is 3.30. The zero-order valence-corrected chi connectivity index (χ0v) is 6.39. The van der Waals surface area contributed by atoms with E-state index < -0.39 is 11.9 Å². The van der Waals surface area contributed by atoms with Gasteiger partial charge in [0.2, 0.25) is 0 Å². The summed E-state index contributed by atoms with van der Waals surface area (Å²) in [5.74, 6) is -2.31. The Labute approximate surface area is 64.6 Å². The van der Waals surface area contributed by atoms with Crippen LogP contribution in [0.2, 0.25) is 0 Å². The fourth-order valence-corrected chi connectivity index (χ4v) is 0.759. The van der Waals surface area contributed by atoms with Gasteiger partial charge in [-0.25, -0.2) is 4.79 Å². The van der Waals surface area contributed by atoms with Crippen molar-refractivity contribution in [1.82, 2.24) is 5.32 Å². The molecule has 4 nitrogen and oxygen atoms in total. The van der Waals surface area contributed by atoms with Crippen LogP contribution >= 0.6 is 0 Å². The minimum Gasteiger partial charge on any atom is -0.474 e. The second-order valence-corrected chi connectivity index (χ2v) is 3.30. The SMILES string of the molecule is CC1(CNC(=O)C(=O)O)CC1. The Morgan fingerprint density at radius 3 is 2.45 bits per heavy atom. The number of carbonyl (C=O) groups excluding carboxylic acids is 1. The molecule has 0 aromatic rings. The van der Waals surface area contributed by atoms with Gasteiger partial charge in [0.1, 0.15) is 0 Å². The van der Waals surface area contributed by atoms with Crippen LogP contribution in [0.25, 0.3) is 0 Å². The van der Waals surface area contributed by atoms with Crippen molar-refractivity contribution >= 4 is 11.9 Å². The van der Waals surface area contributed by atoms with E-state index in [4.69, 9.17) is 5.11 Å². The highest BCUT2D eigenvalue weighted by Crippen LogP contribution is 2.43. The molecule has 4 heteroatoms. The van der Waals surface area contributed by atoms with E-state index in [-0.39, 0.29) is 5.41 Å². The molecule has 1 saturated carbocycles. The van der Waals surface area contributed by atoms with Crippen molar-refractivity contribution in [2.24, 2.45) is 5.41 Å². The first-order valence-corrected chi connectivity index (χ1v) is 3.55. The first-order chi connectivity index (χ1) is 5.03. The molecule has 1 amide bonds. The Balaban J connectivity index is 2.22. The maximum absolute atomic E-state index is 10.5. The van der Waals surface area contributed by atoms with E-state index >= 15 is 0 Å². The summed E-state index contributed by atoms with van der Waals surface area (Å²) in [4.78, 5) is 20.5. The lowest BCUT2D eigenvalue weighted by Gasteiger charge is -2.06. The number of hydrogen-bond acceptors (Lipinski definition) is 2. The van der Waals surface area contributed by atoms with Crippen LogP contribution in [0, 0.1) is 5.41 Å². The van der Waals surface area contributed by atoms with Crippen LogP contribution in [0.3, 0.4) is 0 Å². The molecule has 0 aliphatic heterocycles. The number of carbonyl (C=O) groups is 2. The number of hydrogen-bond donors (Lipinski definition) is 2. The average molecular weight is 157 g/mol. The first-order valence-electron chi connectivity index (χ1n) is 3.55. The van der Waals surface area contributed by atoms with E-state index in [1.807, 2.05) is 6.92 Å². The van der Waals surface area contributed by atoms with Gasteiger partial charge in [-0.1, -0.05) is 6.92 Å². The molecule has 0 bridgehead atoms. The van der Waals surface area contributed by atoms with Gasteiger partial charge in [-0.2, -0.15) is 0 Å². The van der Waals surface area contributed by atoms with E-state index in [0.29, 0.717) is 6.54 Å². The number of carboxylic acid groups (broad SMARTS) is 1. The number of carboxylic acids is 1. The monoisotopic (exact) mass is 157 g/mol. The normalized spacial score (nSPS) is 19.0. The largest absolute Gasteiger partial charge is 0.474 e. The molecule has 2 N–H and O–H groups in total. The maximum Gasteiger partial charge on any atom is 0.394 e. The van der Waals surface area contributed by atoms with Crippen LogP contribution in [-0.4, -0.2) is 23.5 Å². The molecule has 0 aromatic carbocycles. The highest BCUT2D eigenvalue weighted by atomic mass is 16.4.